The van der Waals surface area contributed by atoms with Gasteiger partial charge in [0.1, 0.15) is 11.7 Å². The van der Waals surface area contributed by atoms with Crippen LogP contribution in [0.3, 0.4) is 0 Å². The SMILES string of the molecule is Cc1cc([C@@H](C(=O)N2C[C@H](O)C[C@@H]2C2=NC(=O)[C@](C)(c3ccc(-c4cccnc4)cc3)C2)C(C)C)on1. The molecule has 37 heavy (non-hydrogen) atoms. The van der Waals surface area contributed by atoms with Gasteiger partial charge in [-0.3, -0.25) is 14.6 Å². The third kappa shape index (κ3) is 4.62. The number of aliphatic hydroxyl groups excluding tert-OH is 1. The molecule has 0 unspecified atom stereocenters. The molecular formula is C29H32N4O4. The fourth-order valence-corrected chi connectivity index (χ4v) is 5.53. The van der Waals surface area contributed by atoms with E-state index >= 15 is 0 Å². The van der Waals surface area contributed by atoms with Crippen LogP contribution in [0.15, 0.2) is 64.4 Å². The highest BCUT2D eigenvalue weighted by atomic mass is 16.5. The van der Waals surface area contributed by atoms with Crippen molar-refractivity contribution in [3.8, 4) is 11.1 Å². The standard InChI is InChI=1S/C29H32N4O4/c1-17(2)26(25-12-18(3)32-37-25)27(35)33-16-22(34)13-24(33)23-14-29(4,28(36)31-23)21-9-7-19(8-10-21)20-6-5-11-30-15-20/h5-12,15,17,22,24,26,34H,13-14,16H2,1-4H3/t22-,24-,26+,29+/m1/s1. The molecule has 2 aromatic heterocycles. The third-order valence-electron chi connectivity index (χ3n) is 7.60. The van der Waals surface area contributed by atoms with Crippen LogP contribution in [0.5, 0.6) is 0 Å². The number of aliphatic hydroxyl groups is 1. The monoisotopic (exact) mass is 500 g/mol. The molecule has 1 fully saturated rings. The average Bonchev–Trinajstić information content (AvgIpc) is 3.57. The van der Waals surface area contributed by atoms with Crippen LogP contribution in [0.4, 0.5) is 0 Å². The Labute approximate surface area is 216 Å². The van der Waals surface area contributed by atoms with Gasteiger partial charge in [-0.05, 0) is 42.5 Å². The number of pyridine rings is 1. The summed E-state index contributed by atoms with van der Waals surface area (Å²) < 4.78 is 5.46. The first-order valence-corrected chi connectivity index (χ1v) is 12.7. The van der Waals surface area contributed by atoms with Crippen LogP contribution in [0.25, 0.3) is 11.1 Å². The Morgan fingerprint density at radius 1 is 1.19 bits per heavy atom. The van der Waals surface area contributed by atoms with Crippen LogP contribution in [0.1, 0.15) is 56.5 Å². The predicted molar refractivity (Wildman–Crippen MR) is 139 cm³/mol. The van der Waals surface area contributed by atoms with Crippen LogP contribution in [0.2, 0.25) is 0 Å². The maximum absolute atomic E-state index is 13.8. The number of benzene rings is 1. The van der Waals surface area contributed by atoms with Gasteiger partial charge in [0.2, 0.25) is 5.91 Å². The molecule has 2 amide bonds. The van der Waals surface area contributed by atoms with Crippen molar-refractivity contribution in [2.45, 2.75) is 64.0 Å². The van der Waals surface area contributed by atoms with E-state index in [9.17, 15) is 14.7 Å². The number of carbonyl (C=O) groups excluding carboxylic acids is 2. The van der Waals surface area contributed by atoms with Gasteiger partial charge in [-0.25, -0.2) is 4.99 Å². The van der Waals surface area contributed by atoms with E-state index < -0.39 is 23.5 Å². The Morgan fingerprint density at radius 3 is 2.57 bits per heavy atom. The molecule has 2 aliphatic heterocycles. The van der Waals surface area contributed by atoms with Crippen molar-refractivity contribution >= 4 is 17.5 Å². The number of nitrogens with zero attached hydrogens (tertiary/aromatic N) is 4. The first-order valence-electron chi connectivity index (χ1n) is 12.7. The number of carbonyl (C=O) groups is 2. The van der Waals surface area contributed by atoms with E-state index in [1.807, 2.05) is 64.1 Å². The van der Waals surface area contributed by atoms with E-state index in [0.717, 1.165) is 16.7 Å². The molecule has 1 N–H and O–H groups in total. The molecule has 0 spiro atoms. The van der Waals surface area contributed by atoms with E-state index in [1.165, 1.54) is 0 Å². The molecule has 0 radical (unpaired) electrons. The van der Waals surface area contributed by atoms with Crippen molar-refractivity contribution in [2.24, 2.45) is 10.9 Å². The van der Waals surface area contributed by atoms with Crippen molar-refractivity contribution in [1.29, 1.82) is 0 Å². The van der Waals surface area contributed by atoms with Crippen molar-refractivity contribution in [1.82, 2.24) is 15.0 Å². The zero-order valence-corrected chi connectivity index (χ0v) is 21.6. The minimum absolute atomic E-state index is 0.0333. The molecule has 5 rings (SSSR count). The summed E-state index contributed by atoms with van der Waals surface area (Å²) >= 11 is 0. The van der Waals surface area contributed by atoms with Crippen molar-refractivity contribution < 1.29 is 19.2 Å². The molecule has 4 atom stereocenters. The molecule has 1 saturated heterocycles. The predicted octanol–water partition coefficient (Wildman–Crippen LogP) is 4.08. The Kier molecular flexibility index (Phi) is 6.54. The van der Waals surface area contributed by atoms with Gasteiger partial charge in [0.15, 0.2) is 0 Å². The summed E-state index contributed by atoms with van der Waals surface area (Å²) in [6.07, 6.45) is 3.61. The second-order valence-corrected chi connectivity index (χ2v) is 10.7. The minimum Gasteiger partial charge on any atom is -0.391 e. The fourth-order valence-electron chi connectivity index (χ4n) is 5.53. The summed E-state index contributed by atoms with van der Waals surface area (Å²) in [6, 6.07) is 13.1. The summed E-state index contributed by atoms with van der Waals surface area (Å²) in [4.78, 5) is 37.3. The minimum atomic E-state index is -0.829. The van der Waals surface area contributed by atoms with Gasteiger partial charge < -0.3 is 14.5 Å². The molecule has 4 heterocycles. The lowest BCUT2D eigenvalue weighted by Crippen LogP contribution is -2.44. The Morgan fingerprint density at radius 2 is 1.95 bits per heavy atom. The number of aliphatic imine (C=N–C) groups is 1. The molecule has 2 aliphatic rings. The van der Waals surface area contributed by atoms with Crippen molar-refractivity contribution in [3.63, 3.8) is 0 Å². The Balaban J connectivity index is 1.39. The molecule has 8 heteroatoms. The van der Waals surface area contributed by atoms with E-state index in [0.29, 0.717) is 30.0 Å². The lowest BCUT2D eigenvalue weighted by atomic mass is 9.78. The molecule has 3 aromatic rings. The molecule has 0 saturated carbocycles. The number of aromatic nitrogens is 2. The Hall–Kier alpha value is -3.65. The molecule has 0 aliphatic carbocycles. The summed E-state index contributed by atoms with van der Waals surface area (Å²) in [7, 11) is 0. The highest BCUT2D eigenvalue weighted by molar-refractivity contribution is 6.11. The van der Waals surface area contributed by atoms with Crippen LogP contribution in [0, 0.1) is 12.8 Å². The molecular weight excluding hydrogens is 468 g/mol. The van der Waals surface area contributed by atoms with Gasteiger partial charge in [-0.2, -0.15) is 0 Å². The van der Waals surface area contributed by atoms with Crippen LogP contribution in [-0.2, 0) is 15.0 Å². The summed E-state index contributed by atoms with van der Waals surface area (Å²) in [5, 5.41) is 14.5. The number of aryl methyl sites for hydroxylation is 1. The van der Waals surface area contributed by atoms with Crippen LogP contribution < -0.4 is 0 Å². The van der Waals surface area contributed by atoms with E-state index in [-0.39, 0.29) is 24.3 Å². The number of hydrogen-bond acceptors (Lipinski definition) is 6. The highest BCUT2D eigenvalue weighted by Crippen LogP contribution is 2.39. The van der Waals surface area contributed by atoms with Gasteiger partial charge in [0.25, 0.3) is 5.91 Å². The smallest absolute Gasteiger partial charge is 0.256 e. The molecule has 8 nitrogen and oxygen atoms in total. The first-order chi connectivity index (χ1) is 17.7. The number of rotatable bonds is 6. The maximum atomic E-state index is 13.8. The van der Waals surface area contributed by atoms with Crippen LogP contribution >= 0.6 is 0 Å². The van der Waals surface area contributed by atoms with E-state index in [1.54, 1.807) is 23.4 Å². The third-order valence-corrected chi connectivity index (χ3v) is 7.60. The molecule has 192 valence electrons. The summed E-state index contributed by atoms with van der Waals surface area (Å²) in [5.41, 5.74) is 3.42. The zero-order chi connectivity index (χ0) is 26.3. The van der Waals surface area contributed by atoms with Gasteiger partial charge >= 0.3 is 0 Å². The van der Waals surface area contributed by atoms with Crippen molar-refractivity contribution in [3.05, 3.63) is 71.9 Å². The lowest BCUT2D eigenvalue weighted by Gasteiger charge is -2.30. The second kappa shape index (κ2) is 9.67. The topological polar surface area (TPSA) is 109 Å². The number of hydrogen-bond donors (Lipinski definition) is 1. The van der Waals surface area contributed by atoms with E-state index in [2.05, 4.69) is 15.1 Å². The summed E-state index contributed by atoms with van der Waals surface area (Å²) in [6.45, 7) is 7.84. The lowest BCUT2D eigenvalue weighted by molar-refractivity contribution is -0.134. The largest absolute Gasteiger partial charge is 0.391 e. The molecule has 1 aromatic carbocycles. The van der Waals surface area contributed by atoms with Crippen LogP contribution in [-0.4, -0.2) is 56.4 Å². The number of amides is 2. The number of likely N-dealkylation sites (tertiary alicyclic amines) is 1. The van der Waals surface area contributed by atoms with Gasteiger partial charge in [-0.15, -0.1) is 0 Å². The molecule has 0 bridgehead atoms. The highest BCUT2D eigenvalue weighted by Gasteiger charge is 2.48. The quantitative estimate of drug-likeness (QED) is 0.546. The number of β-amino-alcohol motifs (C(OH)–C–C–N with tert-alkyl or cyclic N) is 1. The fraction of sp³-hybridized carbons (Fsp3) is 0.414. The van der Waals surface area contributed by atoms with Crippen molar-refractivity contribution in [2.75, 3.05) is 6.54 Å². The van der Waals surface area contributed by atoms with Gasteiger partial charge in [0.05, 0.1) is 23.3 Å². The summed E-state index contributed by atoms with van der Waals surface area (Å²) in [5.74, 6) is -0.415. The maximum Gasteiger partial charge on any atom is 0.256 e. The van der Waals surface area contributed by atoms with Gasteiger partial charge in [0, 0.05) is 43.6 Å². The van der Waals surface area contributed by atoms with Gasteiger partial charge in [-0.1, -0.05) is 49.3 Å². The second-order valence-electron chi connectivity index (χ2n) is 10.7. The first kappa shape index (κ1) is 25.0. The normalized spacial score (nSPS) is 24.5. The zero-order valence-electron chi connectivity index (χ0n) is 21.6. The van der Waals surface area contributed by atoms with E-state index in [4.69, 9.17) is 4.52 Å². The average molecular weight is 501 g/mol. The Bertz CT molecular complexity index is 1330.